The van der Waals surface area contributed by atoms with E-state index in [9.17, 15) is 0 Å². The Morgan fingerprint density at radius 2 is 1.41 bits per heavy atom. The third kappa shape index (κ3) is 5.90. The SMILES string of the molecule is Cc1cc(C)c(N2[CH-]N(c3[c-]c(Oc4[c-]c5c(cc4)c4c6c(ccc4n5-c4cc(C(C)(C)C)ccn4)sc4ccccc46)ccc3)c3ccccc32)c(C)c1.[Pt]. The Balaban J connectivity index is 0.00000410. The second kappa shape index (κ2) is 13.7. The van der Waals surface area contributed by atoms with E-state index in [1.54, 1.807) is 0 Å². The summed E-state index contributed by atoms with van der Waals surface area (Å²) in [7, 11) is 0. The summed E-state index contributed by atoms with van der Waals surface area (Å²) in [5.41, 5.74) is 11.2. The standard InChI is InChI=1S/C49H39N4OS.Pt/c1-30-24-31(2)48(32(3)25-30)52-29-51(39-15-8-9-16-40(39)52)34-12-11-13-35(27-34)54-36-18-19-37-42(28-36)53(45-26-33(22-23-50-45)49(4,5)6)41-20-21-44-47(46(37)41)38-14-7-10-17-43(38)55-44;/h7-26,29H,1-6H3;/q-3;. The number of para-hydroxylation sites is 2. The number of thiophene rings is 1. The van der Waals surface area contributed by atoms with Crippen molar-refractivity contribution in [2.24, 2.45) is 0 Å². The summed E-state index contributed by atoms with van der Waals surface area (Å²) in [6.07, 6.45) is 1.92. The summed E-state index contributed by atoms with van der Waals surface area (Å²) in [5, 5.41) is 4.85. The maximum absolute atomic E-state index is 6.65. The van der Waals surface area contributed by atoms with E-state index >= 15 is 0 Å². The van der Waals surface area contributed by atoms with E-state index in [-0.39, 0.29) is 26.5 Å². The van der Waals surface area contributed by atoms with Gasteiger partial charge in [-0.1, -0.05) is 74.3 Å². The number of ether oxygens (including phenoxy) is 1. The Bertz CT molecular complexity index is 2970. The molecular formula is C49H39N4OPtS-3. The van der Waals surface area contributed by atoms with Gasteiger partial charge < -0.3 is 19.1 Å². The van der Waals surface area contributed by atoms with Gasteiger partial charge in [0.25, 0.3) is 0 Å². The molecule has 280 valence electrons. The second-order valence-electron chi connectivity index (χ2n) is 15.6. The Morgan fingerprint density at radius 1 is 0.679 bits per heavy atom. The van der Waals surface area contributed by atoms with Crippen molar-refractivity contribution >= 4 is 76.1 Å². The van der Waals surface area contributed by atoms with Crippen LogP contribution in [-0.2, 0) is 26.5 Å². The number of aromatic nitrogens is 2. The first kappa shape index (κ1) is 36.2. The van der Waals surface area contributed by atoms with Crippen LogP contribution >= 0.6 is 11.3 Å². The average Bonchev–Trinajstić information content (AvgIpc) is 3.84. The van der Waals surface area contributed by atoms with Crippen molar-refractivity contribution in [3.63, 3.8) is 0 Å². The molecule has 0 saturated heterocycles. The zero-order chi connectivity index (χ0) is 37.6. The first-order chi connectivity index (χ1) is 26.6. The quantitative estimate of drug-likeness (QED) is 0.161. The van der Waals surface area contributed by atoms with Crippen molar-refractivity contribution in [3.05, 3.63) is 163 Å². The number of hydrogen-bond donors (Lipinski definition) is 0. The summed E-state index contributed by atoms with van der Waals surface area (Å²) in [6.45, 7) is 15.4. The fraction of sp³-hybridized carbons (Fsp3) is 0.143. The number of rotatable bonds is 5. The Labute approximate surface area is 346 Å². The van der Waals surface area contributed by atoms with Crippen LogP contribution in [0.2, 0.25) is 0 Å². The van der Waals surface area contributed by atoms with Gasteiger partial charge in [-0.2, -0.15) is 12.1 Å². The first-order valence-corrected chi connectivity index (χ1v) is 19.5. The van der Waals surface area contributed by atoms with Crippen molar-refractivity contribution in [1.82, 2.24) is 9.55 Å². The number of anilines is 4. The Hall–Kier alpha value is -5.42. The van der Waals surface area contributed by atoms with Gasteiger partial charge in [0.1, 0.15) is 5.82 Å². The van der Waals surface area contributed by atoms with Crippen molar-refractivity contribution in [3.8, 4) is 17.3 Å². The minimum atomic E-state index is -0.0335. The van der Waals surface area contributed by atoms with Gasteiger partial charge in [0.2, 0.25) is 0 Å². The summed E-state index contributed by atoms with van der Waals surface area (Å²) >= 11 is 1.84. The van der Waals surface area contributed by atoms with Crippen molar-refractivity contribution in [1.29, 1.82) is 0 Å². The molecule has 1 aliphatic heterocycles. The second-order valence-corrected chi connectivity index (χ2v) is 16.7. The van der Waals surface area contributed by atoms with Crippen LogP contribution < -0.4 is 14.5 Å². The molecule has 10 rings (SSSR count). The molecule has 3 aromatic heterocycles. The molecule has 0 unspecified atom stereocenters. The molecular weight excluding hydrogens is 888 g/mol. The molecule has 0 atom stereocenters. The molecule has 7 heteroatoms. The molecule has 9 aromatic rings. The van der Waals surface area contributed by atoms with Crippen molar-refractivity contribution in [2.45, 2.75) is 47.0 Å². The summed E-state index contributed by atoms with van der Waals surface area (Å²) in [6, 6.07) is 48.0. The first-order valence-electron chi connectivity index (χ1n) is 18.7. The van der Waals surface area contributed by atoms with Crippen LogP contribution in [0.3, 0.4) is 0 Å². The number of fused-ring (bicyclic) bond motifs is 8. The fourth-order valence-electron chi connectivity index (χ4n) is 8.32. The largest absolute Gasteiger partial charge is 0.509 e. The maximum Gasteiger partial charge on any atom is 0.135 e. The molecule has 0 spiro atoms. The molecule has 1 aliphatic rings. The smallest absolute Gasteiger partial charge is 0.135 e. The van der Waals surface area contributed by atoms with Gasteiger partial charge in [-0.3, -0.25) is 0 Å². The maximum atomic E-state index is 6.65. The molecule has 0 N–H and O–H groups in total. The Kier molecular flexibility index (Phi) is 8.83. The number of pyridine rings is 1. The summed E-state index contributed by atoms with van der Waals surface area (Å²) in [4.78, 5) is 9.42. The van der Waals surface area contributed by atoms with Crippen molar-refractivity contribution < 1.29 is 25.8 Å². The van der Waals surface area contributed by atoms with Crippen LogP contribution in [0.25, 0.3) is 47.8 Å². The van der Waals surface area contributed by atoms with Gasteiger partial charge in [0.05, 0.1) is 0 Å². The van der Waals surface area contributed by atoms with E-state index in [0.29, 0.717) is 11.5 Å². The molecule has 56 heavy (non-hydrogen) atoms. The number of nitrogens with zero attached hydrogens (tertiary/aromatic N) is 4. The van der Waals surface area contributed by atoms with Gasteiger partial charge in [0.15, 0.2) is 0 Å². The topological polar surface area (TPSA) is 33.5 Å². The van der Waals surface area contributed by atoms with E-state index in [2.05, 4.69) is 172 Å². The third-order valence-electron chi connectivity index (χ3n) is 10.7. The van der Waals surface area contributed by atoms with Gasteiger partial charge in [-0.15, -0.1) is 59.4 Å². The zero-order valence-electron chi connectivity index (χ0n) is 32.0. The molecule has 4 heterocycles. The van der Waals surface area contributed by atoms with Crippen LogP contribution in [-0.4, -0.2) is 9.55 Å². The predicted molar refractivity (Wildman–Crippen MR) is 230 cm³/mol. The minimum absolute atomic E-state index is 0. The molecule has 0 amide bonds. The molecule has 0 saturated carbocycles. The van der Waals surface area contributed by atoms with E-state index < -0.39 is 0 Å². The molecule has 0 bridgehead atoms. The van der Waals surface area contributed by atoms with Gasteiger partial charge in [-0.25, -0.2) is 4.98 Å². The van der Waals surface area contributed by atoms with Gasteiger partial charge in [-0.05, 0) is 101 Å². The van der Waals surface area contributed by atoms with Crippen LogP contribution in [0.5, 0.6) is 11.5 Å². The molecule has 0 fully saturated rings. The van der Waals surface area contributed by atoms with E-state index in [1.807, 2.05) is 35.7 Å². The zero-order valence-corrected chi connectivity index (χ0v) is 35.1. The normalized spacial score (nSPS) is 12.9. The summed E-state index contributed by atoms with van der Waals surface area (Å²) in [5.74, 6) is 2.09. The minimum Gasteiger partial charge on any atom is -0.509 e. The predicted octanol–water partition coefficient (Wildman–Crippen LogP) is 13.6. The van der Waals surface area contributed by atoms with Crippen LogP contribution in [0.15, 0.2) is 121 Å². The monoisotopic (exact) mass is 926 g/mol. The molecule has 6 aromatic carbocycles. The average molecular weight is 927 g/mol. The molecule has 5 nitrogen and oxygen atoms in total. The molecule has 0 radical (unpaired) electrons. The van der Waals surface area contributed by atoms with Crippen LogP contribution in [0.1, 0.15) is 43.0 Å². The van der Waals surface area contributed by atoms with E-state index in [0.717, 1.165) is 39.3 Å². The fourth-order valence-corrected chi connectivity index (χ4v) is 9.43. The van der Waals surface area contributed by atoms with E-state index in [1.165, 1.54) is 53.5 Å². The number of aryl methyl sites for hydroxylation is 3. The van der Waals surface area contributed by atoms with Gasteiger partial charge in [0, 0.05) is 70.7 Å². The van der Waals surface area contributed by atoms with E-state index in [4.69, 9.17) is 9.72 Å². The van der Waals surface area contributed by atoms with Crippen LogP contribution in [0, 0.1) is 39.6 Å². The number of hydrogen-bond acceptors (Lipinski definition) is 5. The Morgan fingerprint density at radius 3 is 2.20 bits per heavy atom. The van der Waals surface area contributed by atoms with Crippen molar-refractivity contribution in [2.75, 3.05) is 9.80 Å². The van der Waals surface area contributed by atoms with Gasteiger partial charge >= 0.3 is 0 Å². The summed E-state index contributed by atoms with van der Waals surface area (Å²) < 4.78 is 11.4. The molecule has 0 aliphatic carbocycles. The third-order valence-corrected chi connectivity index (χ3v) is 11.9. The van der Waals surface area contributed by atoms with Crippen LogP contribution in [0.4, 0.5) is 22.7 Å². The number of benzene rings is 6.